The van der Waals surface area contributed by atoms with E-state index in [4.69, 9.17) is 11.6 Å². The third kappa shape index (κ3) is 5.11. The Bertz CT molecular complexity index is 1080. The zero-order valence-corrected chi connectivity index (χ0v) is 18.8. The number of nitro benzene ring substituents is 1. The fourth-order valence-electron chi connectivity index (χ4n) is 4.34. The highest BCUT2D eigenvalue weighted by Crippen LogP contribution is 2.39. The van der Waals surface area contributed by atoms with E-state index in [1.54, 1.807) is 15.9 Å². The molecule has 1 amide bonds. The lowest BCUT2D eigenvalue weighted by Crippen LogP contribution is -2.43. The fourth-order valence-corrected chi connectivity index (χ4v) is 4.56. The molecule has 0 radical (unpaired) electrons. The number of halogens is 5. The van der Waals surface area contributed by atoms with Crippen LogP contribution in [0.2, 0.25) is 5.02 Å². The van der Waals surface area contributed by atoms with Gasteiger partial charge in [0.1, 0.15) is 11.5 Å². The van der Waals surface area contributed by atoms with E-state index in [1.807, 2.05) is 0 Å². The van der Waals surface area contributed by atoms with Gasteiger partial charge < -0.3 is 9.80 Å². The summed E-state index contributed by atoms with van der Waals surface area (Å²) in [5, 5.41) is 11.7. The normalized spacial score (nSPS) is 17.0. The lowest BCUT2D eigenvalue weighted by Gasteiger charge is -2.35. The van der Waals surface area contributed by atoms with Gasteiger partial charge in [-0.1, -0.05) is 17.7 Å². The minimum atomic E-state index is -4.68. The van der Waals surface area contributed by atoms with Crippen molar-refractivity contribution in [2.24, 2.45) is 5.92 Å². The number of carbonyl (C=O) groups excluding carboxylic acids is 1. The highest BCUT2D eigenvalue weighted by molar-refractivity contribution is 6.31. The van der Waals surface area contributed by atoms with Crippen molar-refractivity contribution < 1.29 is 27.3 Å². The van der Waals surface area contributed by atoms with Crippen LogP contribution in [0, 0.1) is 21.8 Å². The average molecular weight is 500 g/mol. The number of amides is 1. The number of nitrogens with zero attached hydrogens (tertiary/aromatic N) is 3. The molecule has 1 aliphatic carbocycles. The third-order valence-electron chi connectivity index (χ3n) is 6.35. The molecule has 1 aliphatic heterocycles. The smallest absolute Gasteiger partial charge is 0.366 e. The van der Waals surface area contributed by atoms with Crippen molar-refractivity contribution in [3.8, 4) is 0 Å². The molecule has 1 saturated carbocycles. The monoisotopic (exact) mass is 499 g/mol. The Kier molecular flexibility index (Phi) is 6.71. The Morgan fingerprint density at radius 3 is 2.38 bits per heavy atom. The Balaban J connectivity index is 1.47. The van der Waals surface area contributed by atoms with Gasteiger partial charge in [0, 0.05) is 41.7 Å². The molecule has 0 atom stereocenters. The van der Waals surface area contributed by atoms with Crippen molar-refractivity contribution >= 4 is 28.9 Å². The number of hydrogen-bond donors (Lipinski definition) is 0. The molecule has 1 heterocycles. The number of nitro groups is 1. The van der Waals surface area contributed by atoms with Gasteiger partial charge in [0.25, 0.3) is 5.69 Å². The van der Waals surface area contributed by atoms with Crippen LogP contribution in [-0.4, -0.2) is 34.9 Å². The van der Waals surface area contributed by atoms with Gasteiger partial charge >= 0.3 is 6.18 Å². The summed E-state index contributed by atoms with van der Waals surface area (Å²) >= 11 is 6.15. The van der Waals surface area contributed by atoms with Crippen LogP contribution < -0.4 is 4.90 Å². The molecule has 0 N–H and O–H groups in total. The second-order valence-corrected chi connectivity index (χ2v) is 9.02. The Morgan fingerprint density at radius 1 is 1.15 bits per heavy atom. The van der Waals surface area contributed by atoms with Crippen LogP contribution in [0.5, 0.6) is 0 Å². The van der Waals surface area contributed by atoms with Crippen molar-refractivity contribution in [3.63, 3.8) is 0 Å². The maximum Gasteiger partial charge on any atom is 0.416 e. The molecule has 0 unspecified atom stereocenters. The van der Waals surface area contributed by atoms with Crippen molar-refractivity contribution in [1.82, 2.24) is 4.90 Å². The largest absolute Gasteiger partial charge is 0.416 e. The fraction of sp³-hybridized carbons (Fsp3) is 0.435. The third-order valence-corrected chi connectivity index (χ3v) is 6.70. The summed E-state index contributed by atoms with van der Waals surface area (Å²) in [6.45, 7) is 0.628. The Morgan fingerprint density at radius 2 is 1.82 bits per heavy atom. The molecular weight excluding hydrogens is 478 g/mol. The summed E-state index contributed by atoms with van der Waals surface area (Å²) in [4.78, 5) is 27.2. The lowest BCUT2D eigenvalue weighted by atomic mass is 9.94. The number of alkyl halides is 3. The standard InChI is InChI=1S/C23H22ClF4N3O3/c24-18-2-1-3-19(25)17(18)13-30(16-5-6-16)22(32)14-8-10-29(11-9-14)20-7-4-15(23(26,27)28)12-21(20)31(33)34/h1-4,7,12,14,16H,5-6,8-11,13H2. The number of anilines is 1. The topological polar surface area (TPSA) is 66.7 Å². The van der Waals surface area contributed by atoms with E-state index in [9.17, 15) is 32.5 Å². The maximum atomic E-state index is 14.3. The molecule has 6 nitrogen and oxygen atoms in total. The molecule has 2 aromatic carbocycles. The Labute approximate surface area is 198 Å². The molecular formula is C23H22ClF4N3O3. The van der Waals surface area contributed by atoms with Crippen molar-refractivity contribution in [2.75, 3.05) is 18.0 Å². The van der Waals surface area contributed by atoms with E-state index in [-0.39, 0.29) is 53.8 Å². The molecule has 2 fully saturated rings. The molecule has 4 rings (SSSR count). The number of hydrogen-bond acceptors (Lipinski definition) is 4. The molecule has 0 bridgehead atoms. The zero-order valence-electron chi connectivity index (χ0n) is 18.0. The van der Waals surface area contributed by atoms with E-state index in [0.29, 0.717) is 18.9 Å². The summed E-state index contributed by atoms with van der Waals surface area (Å²) in [5.74, 6) is -0.963. The minimum Gasteiger partial charge on any atom is -0.366 e. The second kappa shape index (κ2) is 9.40. The first-order valence-corrected chi connectivity index (χ1v) is 11.3. The molecule has 2 aromatic rings. The van der Waals surface area contributed by atoms with E-state index < -0.39 is 28.2 Å². The highest BCUT2D eigenvalue weighted by Gasteiger charge is 2.39. The predicted molar refractivity (Wildman–Crippen MR) is 118 cm³/mol. The van der Waals surface area contributed by atoms with Gasteiger partial charge in [-0.15, -0.1) is 0 Å². The maximum absolute atomic E-state index is 14.3. The number of benzene rings is 2. The number of piperidine rings is 1. The van der Waals surface area contributed by atoms with Gasteiger partial charge in [-0.3, -0.25) is 14.9 Å². The number of rotatable bonds is 6. The van der Waals surface area contributed by atoms with Crippen molar-refractivity contribution in [1.29, 1.82) is 0 Å². The first kappa shape index (κ1) is 24.3. The zero-order chi connectivity index (χ0) is 24.6. The van der Waals surface area contributed by atoms with Gasteiger partial charge in [-0.25, -0.2) is 4.39 Å². The number of carbonyl (C=O) groups is 1. The summed E-state index contributed by atoms with van der Waals surface area (Å²) in [6.07, 6.45) is -2.27. The molecule has 11 heteroatoms. The minimum absolute atomic E-state index is 0.0252. The molecule has 182 valence electrons. The van der Waals surface area contributed by atoms with E-state index >= 15 is 0 Å². The quantitative estimate of drug-likeness (QED) is 0.285. The second-order valence-electron chi connectivity index (χ2n) is 8.62. The lowest BCUT2D eigenvalue weighted by molar-refractivity contribution is -0.384. The molecule has 1 saturated heterocycles. The first-order chi connectivity index (χ1) is 16.1. The molecule has 34 heavy (non-hydrogen) atoms. The van der Waals surface area contributed by atoms with Gasteiger partial charge in [-0.05, 0) is 49.9 Å². The summed E-state index contributed by atoms with van der Waals surface area (Å²) in [7, 11) is 0. The van der Waals surface area contributed by atoms with Crippen LogP contribution in [0.4, 0.5) is 28.9 Å². The van der Waals surface area contributed by atoms with E-state index in [1.165, 1.54) is 12.1 Å². The van der Waals surface area contributed by atoms with Gasteiger partial charge in [0.05, 0.1) is 17.0 Å². The van der Waals surface area contributed by atoms with Gasteiger partial charge in [0.2, 0.25) is 5.91 Å². The summed E-state index contributed by atoms with van der Waals surface area (Å²) in [6, 6.07) is 6.88. The van der Waals surface area contributed by atoms with E-state index in [0.717, 1.165) is 25.0 Å². The first-order valence-electron chi connectivity index (χ1n) is 10.9. The van der Waals surface area contributed by atoms with Crippen LogP contribution in [-0.2, 0) is 17.5 Å². The summed E-state index contributed by atoms with van der Waals surface area (Å²) < 4.78 is 53.3. The van der Waals surface area contributed by atoms with Crippen LogP contribution in [0.15, 0.2) is 36.4 Å². The highest BCUT2D eigenvalue weighted by atomic mass is 35.5. The van der Waals surface area contributed by atoms with Crippen LogP contribution >= 0.6 is 11.6 Å². The Hall–Kier alpha value is -2.88. The average Bonchev–Trinajstić information content (AvgIpc) is 3.63. The van der Waals surface area contributed by atoms with Crippen LogP contribution in [0.25, 0.3) is 0 Å². The van der Waals surface area contributed by atoms with E-state index in [2.05, 4.69) is 0 Å². The SMILES string of the molecule is O=C(C1CCN(c2ccc(C(F)(F)F)cc2[N+](=O)[O-])CC1)N(Cc1c(F)cccc1Cl)C1CC1. The van der Waals surface area contributed by atoms with Crippen molar-refractivity contribution in [2.45, 2.75) is 44.4 Å². The van der Waals surface area contributed by atoms with Crippen LogP contribution in [0.3, 0.4) is 0 Å². The summed E-state index contributed by atoms with van der Waals surface area (Å²) in [5.41, 5.74) is -1.34. The predicted octanol–water partition coefficient (Wildman–Crippen LogP) is 5.81. The molecule has 2 aliphatic rings. The van der Waals surface area contributed by atoms with Crippen molar-refractivity contribution in [3.05, 3.63) is 68.5 Å². The van der Waals surface area contributed by atoms with Gasteiger partial charge in [-0.2, -0.15) is 13.2 Å². The molecule has 0 spiro atoms. The molecule has 0 aromatic heterocycles. The van der Waals surface area contributed by atoms with Crippen LogP contribution in [0.1, 0.15) is 36.8 Å². The van der Waals surface area contributed by atoms with Gasteiger partial charge in [0.15, 0.2) is 0 Å².